The predicted octanol–water partition coefficient (Wildman–Crippen LogP) is -0.187. The number of carbonyl (C=O) groups is 3. The maximum atomic E-state index is 10.9. The minimum absolute atomic E-state index is 0.333. The first-order valence-corrected chi connectivity index (χ1v) is 4.80. The number of carbonyl (C=O) groups excluding carboxylic acids is 3. The predicted molar refractivity (Wildman–Crippen MR) is 41.9 cm³/mol. The molecule has 0 spiro atoms. The van der Waals surface area contributed by atoms with Crippen molar-refractivity contribution in [1.82, 2.24) is 0 Å². The van der Waals surface area contributed by atoms with Crippen molar-refractivity contribution >= 4 is 39.9 Å². The molecule has 11 heavy (non-hydrogen) atoms. The monoisotopic (exact) mass is 262 g/mol. The molecule has 0 aliphatic carbocycles. The van der Waals surface area contributed by atoms with Crippen LogP contribution < -0.4 is 0 Å². The van der Waals surface area contributed by atoms with Crippen LogP contribution in [0.3, 0.4) is 0 Å². The van der Waals surface area contributed by atoms with Gasteiger partial charge in [0, 0.05) is 0 Å². The molecule has 0 aromatic rings. The number of Topliss-reactive ketones (excluding diaryl/α,β-unsaturated/α-hetero) is 3. The van der Waals surface area contributed by atoms with E-state index in [9.17, 15) is 14.4 Å². The van der Waals surface area contributed by atoms with Gasteiger partial charge in [0.1, 0.15) is 0 Å². The molecule has 60 valence electrons. The Bertz CT molecular complexity index is 184. The third-order valence-corrected chi connectivity index (χ3v) is 5.15. The molecular weight excluding hydrogens is 251 g/mol. The maximum absolute atomic E-state index is 10.9. The summed E-state index contributed by atoms with van der Waals surface area (Å²) in [7, 11) is 0. The summed E-state index contributed by atoms with van der Waals surface area (Å²) >= 11 is 0.343. The van der Waals surface area contributed by atoms with Gasteiger partial charge >= 0.3 is 78.5 Å². The summed E-state index contributed by atoms with van der Waals surface area (Å²) in [5.41, 5.74) is 0. The Morgan fingerprint density at radius 2 is 1.09 bits per heavy atom. The van der Waals surface area contributed by atoms with Gasteiger partial charge in [0.05, 0.1) is 0 Å². The van der Waals surface area contributed by atoms with Crippen LogP contribution in [0.5, 0.6) is 0 Å². The second-order valence-electron chi connectivity index (χ2n) is 2.48. The van der Waals surface area contributed by atoms with Gasteiger partial charge in [-0.15, -0.1) is 0 Å². The molecule has 2 radical (unpaired) electrons. The van der Waals surface area contributed by atoms with Crippen molar-refractivity contribution in [1.29, 1.82) is 0 Å². The van der Waals surface area contributed by atoms with Gasteiger partial charge in [0.2, 0.25) is 0 Å². The second-order valence-corrected chi connectivity index (χ2v) is 4.95. The van der Waals surface area contributed by atoms with E-state index in [-0.39, 0.29) is 17.3 Å². The van der Waals surface area contributed by atoms with E-state index in [1.54, 1.807) is 0 Å². The molecule has 0 rings (SSSR count). The molecule has 0 N–H and O–H groups in total. The number of rotatable bonds is 3. The van der Waals surface area contributed by atoms with Crippen LogP contribution in [0.4, 0.5) is 0 Å². The molecule has 0 saturated carbocycles. The number of hydrogen-bond donors (Lipinski definition) is 0. The fourth-order valence-electron chi connectivity index (χ4n) is 0.744. The quantitative estimate of drug-likeness (QED) is 0.522. The SMILES string of the molecule is CC(=O)[C]([SnH])(C(C)=O)C(C)=O. The molecule has 3 nitrogen and oxygen atoms in total. The van der Waals surface area contributed by atoms with Crippen LogP contribution in [0.25, 0.3) is 0 Å². The standard InChI is InChI=1S/C7H9O3.Sn.H/c1-4(8)7(5(2)9)6(3)10;;/h1-3H3;;. The van der Waals surface area contributed by atoms with Crippen LogP contribution in [-0.2, 0) is 14.4 Å². The summed E-state index contributed by atoms with van der Waals surface area (Å²) in [6, 6.07) is 0. The zero-order valence-corrected chi connectivity index (χ0v) is 10.1. The molecule has 0 unspecified atom stereocenters. The number of ketones is 3. The van der Waals surface area contributed by atoms with E-state index in [0.29, 0.717) is 22.5 Å². The average molecular weight is 261 g/mol. The van der Waals surface area contributed by atoms with Crippen molar-refractivity contribution in [2.75, 3.05) is 0 Å². The summed E-state index contributed by atoms with van der Waals surface area (Å²) in [4.78, 5) is 32.8. The first kappa shape index (κ1) is 10.8. The van der Waals surface area contributed by atoms with E-state index >= 15 is 0 Å². The number of hydrogen-bond acceptors (Lipinski definition) is 3. The molecule has 0 aliphatic rings. The molecular formula is C7H10O3Sn. The molecule has 0 saturated heterocycles. The van der Waals surface area contributed by atoms with E-state index in [1.165, 1.54) is 20.8 Å². The zero-order valence-electron chi connectivity index (χ0n) is 6.80. The van der Waals surface area contributed by atoms with Crippen molar-refractivity contribution in [2.24, 2.45) is 0 Å². The molecule has 0 bridgehead atoms. The van der Waals surface area contributed by atoms with Gasteiger partial charge in [-0.2, -0.15) is 0 Å². The summed E-state index contributed by atoms with van der Waals surface area (Å²) in [5.74, 6) is -1.00. The van der Waals surface area contributed by atoms with Gasteiger partial charge in [-0.25, -0.2) is 0 Å². The summed E-state index contributed by atoms with van der Waals surface area (Å²) in [6.45, 7) is 3.86. The molecule has 0 aliphatic heterocycles. The van der Waals surface area contributed by atoms with Gasteiger partial charge in [-0.1, -0.05) is 0 Å². The van der Waals surface area contributed by atoms with Gasteiger partial charge in [-0.3, -0.25) is 0 Å². The molecule has 0 heterocycles. The Balaban J connectivity index is 4.99. The van der Waals surface area contributed by atoms with E-state index in [2.05, 4.69) is 0 Å². The molecule has 4 heteroatoms. The van der Waals surface area contributed by atoms with Gasteiger partial charge in [0.25, 0.3) is 0 Å². The first-order valence-electron chi connectivity index (χ1n) is 3.15. The topological polar surface area (TPSA) is 51.2 Å². The molecule has 0 atom stereocenters. The van der Waals surface area contributed by atoms with E-state index < -0.39 is 3.43 Å². The summed E-state index contributed by atoms with van der Waals surface area (Å²) in [5, 5.41) is 0. The Morgan fingerprint density at radius 1 is 0.909 bits per heavy atom. The summed E-state index contributed by atoms with van der Waals surface area (Å²) in [6.07, 6.45) is 0. The van der Waals surface area contributed by atoms with Gasteiger partial charge in [0.15, 0.2) is 0 Å². The average Bonchev–Trinajstić information content (AvgIpc) is 1.84. The van der Waals surface area contributed by atoms with Crippen molar-refractivity contribution in [3.63, 3.8) is 0 Å². The van der Waals surface area contributed by atoms with Crippen molar-refractivity contribution in [3.8, 4) is 0 Å². The molecule has 0 fully saturated rings. The second kappa shape index (κ2) is 3.47. The van der Waals surface area contributed by atoms with Crippen molar-refractivity contribution in [3.05, 3.63) is 0 Å². The zero-order chi connectivity index (χ0) is 9.23. The van der Waals surface area contributed by atoms with E-state index in [0.717, 1.165) is 0 Å². The van der Waals surface area contributed by atoms with Gasteiger partial charge < -0.3 is 0 Å². The molecule has 0 aromatic carbocycles. The normalized spacial score (nSPS) is 10.9. The Hall–Kier alpha value is -0.191. The van der Waals surface area contributed by atoms with Gasteiger partial charge in [-0.05, 0) is 0 Å². The van der Waals surface area contributed by atoms with Crippen LogP contribution in [0.2, 0.25) is 3.43 Å². The third kappa shape index (κ3) is 1.89. The molecule has 0 aromatic heterocycles. The van der Waals surface area contributed by atoms with Crippen molar-refractivity contribution in [2.45, 2.75) is 24.2 Å². The van der Waals surface area contributed by atoms with Crippen LogP contribution >= 0.6 is 0 Å². The van der Waals surface area contributed by atoms with Crippen LogP contribution in [0.1, 0.15) is 20.8 Å². The Kier molecular flexibility index (Phi) is 3.41. The molecule has 0 amide bonds. The van der Waals surface area contributed by atoms with Crippen LogP contribution in [0, 0.1) is 0 Å². The van der Waals surface area contributed by atoms with E-state index in [4.69, 9.17) is 0 Å². The summed E-state index contributed by atoms with van der Waals surface area (Å²) < 4.78 is -1.29. The Morgan fingerprint density at radius 3 is 1.09 bits per heavy atom. The fourth-order valence-corrected chi connectivity index (χ4v) is 0.744. The third-order valence-electron chi connectivity index (χ3n) is 1.67. The van der Waals surface area contributed by atoms with Crippen LogP contribution in [0.15, 0.2) is 0 Å². The van der Waals surface area contributed by atoms with E-state index in [1.807, 2.05) is 0 Å². The fraction of sp³-hybridized carbons (Fsp3) is 0.571. The van der Waals surface area contributed by atoms with Crippen molar-refractivity contribution < 1.29 is 14.4 Å². The first-order chi connectivity index (χ1) is 4.83. The minimum atomic E-state index is -1.29. The van der Waals surface area contributed by atoms with Crippen LogP contribution in [-0.4, -0.2) is 39.9 Å². The Labute approximate surface area is 78.6 Å².